The summed E-state index contributed by atoms with van der Waals surface area (Å²) in [6.45, 7) is 9.54. The second kappa shape index (κ2) is 7.78. The minimum absolute atomic E-state index is 0.00668. The number of nitrogens with zero attached hydrogens (tertiary/aromatic N) is 1. The Bertz CT molecular complexity index is 355. The Labute approximate surface area is 128 Å². The van der Waals surface area contributed by atoms with E-state index in [1.165, 1.54) is 0 Å². The lowest BCUT2D eigenvalue weighted by Gasteiger charge is -2.35. The van der Waals surface area contributed by atoms with E-state index in [1.807, 2.05) is 32.6 Å². The summed E-state index contributed by atoms with van der Waals surface area (Å²) in [5.41, 5.74) is -0.356. The van der Waals surface area contributed by atoms with Gasteiger partial charge in [-0.05, 0) is 25.7 Å². The number of amides is 2. The van der Waals surface area contributed by atoms with E-state index in [1.54, 1.807) is 0 Å². The summed E-state index contributed by atoms with van der Waals surface area (Å²) in [7, 11) is 0. The Balaban J connectivity index is 2.32. The third kappa shape index (κ3) is 5.65. The van der Waals surface area contributed by atoms with Crippen molar-refractivity contribution in [3.63, 3.8) is 0 Å². The van der Waals surface area contributed by atoms with Gasteiger partial charge in [-0.1, -0.05) is 27.7 Å². The zero-order chi connectivity index (χ0) is 16.0. The Kier molecular flexibility index (Phi) is 6.65. The highest BCUT2D eigenvalue weighted by molar-refractivity contribution is 5.82. The normalized spacial score (nSPS) is 18.4. The van der Waals surface area contributed by atoms with Gasteiger partial charge in [0, 0.05) is 31.0 Å². The Morgan fingerprint density at radius 3 is 2.33 bits per heavy atom. The fourth-order valence-corrected chi connectivity index (χ4v) is 2.53. The Morgan fingerprint density at radius 2 is 1.86 bits per heavy atom. The molecule has 1 saturated heterocycles. The molecule has 21 heavy (non-hydrogen) atoms. The van der Waals surface area contributed by atoms with E-state index < -0.39 is 0 Å². The second-order valence-corrected chi connectivity index (χ2v) is 6.96. The molecule has 5 heteroatoms. The molecule has 0 saturated carbocycles. The standard InChI is InChI=1S/C16H30N2O3/c1-5-13(19)6-9-17-14(20)12-7-10-18(11-8-12)15(21)16(2,3)4/h12-13,19H,5-11H2,1-4H3,(H,17,20). The third-order valence-corrected chi connectivity index (χ3v) is 4.04. The molecule has 1 atom stereocenters. The molecule has 5 nitrogen and oxygen atoms in total. The molecule has 1 aliphatic heterocycles. The zero-order valence-corrected chi connectivity index (χ0v) is 13.8. The van der Waals surface area contributed by atoms with Gasteiger partial charge in [0.25, 0.3) is 0 Å². The average Bonchev–Trinajstić information content (AvgIpc) is 2.45. The summed E-state index contributed by atoms with van der Waals surface area (Å²) in [5, 5.41) is 12.3. The number of rotatable bonds is 5. The number of piperidine rings is 1. The van der Waals surface area contributed by atoms with Crippen molar-refractivity contribution in [1.82, 2.24) is 10.2 Å². The molecule has 2 amide bonds. The van der Waals surface area contributed by atoms with E-state index in [0.29, 0.717) is 32.5 Å². The number of aliphatic hydroxyl groups is 1. The molecule has 2 N–H and O–H groups in total. The second-order valence-electron chi connectivity index (χ2n) is 6.96. The van der Waals surface area contributed by atoms with Crippen molar-refractivity contribution < 1.29 is 14.7 Å². The molecule has 0 bridgehead atoms. The number of hydrogen-bond donors (Lipinski definition) is 2. The van der Waals surface area contributed by atoms with Gasteiger partial charge in [-0.3, -0.25) is 9.59 Å². The van der Waals surface area contributed by atoms with Crippen LogP contribution in [0.2, 0.25) is 0 Å². The number of carbonyl (C=O) groups is 2. The van der Waals surface area contributed by atoms with Crippen molar-refractivity contribution in [2.24, 2.45) is 11.3 Å². The lowest BCUT2D eigenvalue weighted by Crippen LogP contribution is -2.46. The van der Waals surface area contributed by atoms with Crippen LogP contribution in [-0.2, 0) is 9.59 Å². The third-order valence-electron chi connectivity index (χ3n) is 4.04. The van der Waals surface area contributed by atoms with Crippen molar-refractivity contribution in [1.29, 1.82) is 0 Å². The van der Waals surface area contributed by atoms with Gasteiger partial charge in [0.2, 0.25) is 11.8 Å². The fourth-order valence-electron chi connectivity index (χ4n) is 2.53. The summed E-state index contributed by atoms with van der Waals surface area (Å²) < 4.78 is 0. The van der Waals surface area contributed by atoms with Crippen LogP contribution >= 0.6 is 0 Å². The highest BCUT2D eigenvalue weighted by Crippen LogP contribution is 2.23. The maximum Gasteiger partial charge on any atom is 0.227 e. The minimum atomic E-state index is -0.356. The summed E-state index contributed by atoms with van der Waals surface area (Å²) in [4.78, 5) is 26.1. The highest BCUT2D eigenvalue weighted by Gasteiger charge is 2.32. The molecule has 1 unspecified atom stereocenters. The molecule has 1 aliphatic rings. The largest absolute Gasteiger partial charge is 0.393 e. The summed E-state index contributed by atoms with van der Waals surface area (Å²) in [6, 6.07) is 0. The quantitative estimate of drug-likeness (QED) is 0.809. The zero-order valence-electron chi connectivity index (χ0n) is 13.8. The van der Waals surface area contributed by atoms with Gasteiger partial charge in [0.15, 0.2) is 0 Å². The van der Waals surface area contributed by atoms with E-state index in [4.69, 9.17) is 0 Å². The average molecular weight is 298 g/mol. The fraction of sp³-hybridized carbons (Fsp3) is 0.875. The summed E-state index contributed by atoms with van der Waals surface area (Å²) >= 11 is 0. The monoisotopic (exact) mass is 298 g/mol. The maximum atomic E-state index is 12.2. The molecule has 0 spiro atoms. The van der Waals surface area contributed by atoms with Gasteiger partial charge >= 0.3 is 0 Å². The van der Waals surface area contributed by atoms with E-state index in [-0.39, 0.29) is 29.3 Å². The van der Waals surface area contributed by atoms with Crippen molar-refractivity contribution in [3.05, 3.63) is 0 Å². The van der Waals surface area contributed by atoms with Gasteiger partial charge in [-0.25, -0.2) is 0 Å². The number of nitrogens with one attached hydrogen (secondary N) is 1. The predicted octanol–water partition coefficient (Wildman–Crippen LogP) is 1.55. The van der Waals surface area contributed by atoms with Crippen molar-refractivity contribution >= 4 is 11.8 Å². The van der Waals surface area contributed by atoms with Gasteiger partial charge in [0.1, 0.15) is 0 Å². The summed E-state index contributed by atoms with van der Waals surface area (Å²) in [5.74, 6) is 0.210. The molecule has 122 valence electrons. The van der Waals surface area contributed by atoms with E-state index in [0.717, 1.165) is 12.8 Å². The first-order chi connectivity index (χ1) is 9.75. The van der Waals surface area contributed by atoms with Gasteiger partial charge in [-0.2, -0.15) is 0 Å². The summed E-state index contributed by atoms with van der Waals surface area (Å²) in [6.07, 6.45) is 2.43. The number of carbonyl (C=O) groups excluding carboxylic acids is 2. The van der Waals surface area contributed by atoms with Crippen LogP contribution in [0.5, 0.6) is 0 Å². The van der Waals surface area contributed by atoms with Crippen LogP contribution in [0.1, 0.15) is 53.4 Å². The highest BCUT2D eigenvalue weighted by atomic mass is 16.3. The molecular formula is C16H30N2O3. The van der Waals surface area contributed by atoms with Crippen LogP contribution in [-0.4, -0.2) is 47.6 Å². The topological polar surface area (TPSA) is 69.6 Å². The maximum absolute atomic E-state index is 12.2. The molecule has 1 rings (SSSR count). The smallest absolute Gasteiger partial charge is 0.227 e. The van der Waals surface area contributed by atoms with Gasteiger partial charge in [-0.15, -0.1) is 0 Å². The first kappa shape index (κ1) is 18.0. The number of aliphatic hydroxyl groups excluding tert-OH is 1. The minimum Gasteiger partial charge on any atom is -0.393 e. The van der Waals surface area contributed by atoms with Gasteiger partial charge in [0.05, 0.1) is 6.10 Å². The first-order valence-electron chi connectivity index (χ1n) is 8.00. The van der Waals surface area contributed by atoms with E-state index in [2.05, 4.69) is 5.32 Å². The van der Waals surface area contributed by atoms with Crippen LogP contribution in [0.3, 0.4) is 0 Å². The molecule has 0 aromatic carbocycles. The number of likely N-dealkylation sites (tertiary alicyclic amines) is 1. The molecule has 1 heterocycles. The van der Waals surface area contributed by atoms with Crippen molar-refractivity contribution in [2.75, 3.05) is 19.6 Å². The van der Waals surface area contributed by atoms with Crippen LogP contribution in [0.25, 0.3) is 0 Å². The number of hydrogen-bond acceptors (Lipinski definition) is 3. The lowest BCUT2D eigenvalue weighted by molar-refractivity contribution is -0.142. The van der Waals surface area contributed by atoms with Crippen LogP contribution < -0.4 is 5.32 Å². The van der Waals surface area contributed by atoms with Crippen LogP contribution in [0, 0.1) is 11.3 Å². The Hall–Kier alpha value is -1.10. The molecule has 0 aliphatic carbocycles. The predicted molar refractivity (Wildman–Crippen MR) is 82.7 cm³/mol. The SMILES string of the molecule is CCC(O)CCNC(=O)C1CCN(C(=O)C(C)(C)C)CC1. The van der Waals surface area contributed by atoms with Crippen molar-refractivity contribution in [2.45, 2.75) is 59.5 Å². The van der Waals surface area contributed by atoms with Gasteiger partial charge < -0.3 is 15.3 Å². The van der Waals surface area contributed by atoms with E-state index >= 15 is 0 Å². The van der Waals surface area contributed by atoms with Crippen LogP contribution in [0.15, 0.2) is 0 Å². The molecular weight excluding hydrogens is 268 g/mol. The Morgan fingerprint density at radius 1 is 1.29 bits per heavy atom. The van der Waals surface area contributed by atoms with Crippen molar-refractivity contribution in [3.8, 4) is 0 Å². The lowest BCUT2D eigenvalue weighted by atomic mass is 9.90. The molecule has 0 aromatic heterocycles. The van der Waals surface area contributed by atoms with E-state index in [9.17, 15) is 14.7 Å². The molecule has 0 radical (unpaired) electrons. The van der Waals surface area contributed by atoms with Crippen LogP contribution in [0.4, 0.5) is 0 Å². The first-order valence-corrected chi connectivity index (χ1v) is 8.00. The molecule has 1 fully saturated rings. The molecule has 0 aromatic rings.